The van der Waals surface area contributed by atoms with Crippen molar-refractivity contribution in [2.45, 2.75) is 25.8 Å². The molecule has 3 aromatic rings. The van der Waals surface area contributed by atoms with Crippen LogP contribution in [-0.4, -0.2) is 59.6 Å². The third kappa shape index (κ3) is 4.29. The summed E-state index contributed by atoms with van der Waals surface area (Å²) < 4.78 is 15.8. The number of hydrogen-bond donors (Lipinski definition) is 0. The minimum absolute atomic E-state index is 0.0127. The zero-order valence-corrected chi connectivity index (χ0v) is 18.6. The molecular weight excluding hydrogens is 421 g/mol. The van der Waals surface area contributed by atoms with Gasteiger partial charge in [-0.1, -0.05) is 24.3 Å². The fourth-order valence-electron chi connectivity index (χ4n) is 4.81. The summed E-state index contributed by atoms with van der Waals surface area (Å²) >= 11 is 0. The van der Waals surface area contributed by atoms with E-state index in [1.54, 1.807) is 16.7 Å². The molecule has 0 bridgehead atoms. The summed E-state index contributed by atoms with van der Waals surface area (Å²) in [6.45, 7) is 4.25. The summed E-state index contributed by atoms with van der Waals surface area (Å²) in [6.07, 6.45) is 2.36. The maximum absolute atomic E-state index is 14.1. The van der Waals surface area contributed by atoms with Gasteiger partial charge in [0.05, 0.1) is 16.7 Å². The monoisotopic (exact) mass is 449 g/mol. The topological polar surface area (TPSA) is 61.7 Å². The molecule has 0 saturated carbocycles. The molecule has 2 aliphatic heterocycles. The largest absolute Gasteiger partial charge is 0.366 e. The van der Waals surface area contributed by atoms with Crippen molar-refractivity contribution in [3.63, 3.8) is 0 Å². The number of aryl methyl sites for hydroxylation is 1. The van der Waals surface area contributed by atoms with Gasteiger partial charge in [-0.25, -0.2) is 9.37 Å². The van der Waals surface area contributed by atoms with Crippen molar-refractivity contribution in [2.75, 3.05) is 49.1 Å². The molecule has 33 heavy (non-hydrogen) atoms. The van der Waals surface area contributed by atoms with Gasteiger partial charge in [-0.05, 0) is 37.1 Å². The quantitative estimate of drug-likeness (QED) is 0.600. The molecule has 1 aromatic heterocycles. The second-order valence-electron chi connectivity index (χ2n) is 8.64. The number of carbonyl (C=O) groups excluding carboxylic acids is 1. The third-order valence-electron chi connectivity index (χ3n) is 6.62. The molecule has 0 N–H and O–H groups in total. The van der Waals surface area contributed by atoms with Gasteiger partial charge in [0, 0.05) is 52.2 Å². The molecule has 5 rings (SSSR count). The molecule has 0 aliphatic carbocycles. The lowest BCUT2D eigenvalue weighted by molar-refractivity contribution is -0.131. The van der Waals surface area contributed by atoms with Crippen molar-refractivity contribution < 1.29 is 9.18 Å². The average Bonchev–Trinajstić information content (AvgIpc) is 3.38. The van der Waals surface area contributed by atoms with Gasteiger partial charge in [0.25, 0.3) is 5.56 Å². The van der Waals surface area contributed by atoms with Crippen LogP contribution >= 0.6 is 0 Å². The zero-order valence-electron chi connectivity index (χ0n) is 18.6. The van der Waals surface area contributed by atoms with Crippen LogP contribution in [0, 0.1) is 5.82 Å². The van der Waals surface area contributed by atoms with Crippen LogP contribution in [0.1, 0.15) is 19.3 Å². The lowest BCUT2D eigenvalue weighted by atomic mass is 10.2. The molecule has 7 nitrogen and oxygen atoms in total. The Morgan fingerprint density at radius 1 is 0.879 bits per heavy atom. The molecule has 3 heterocycles. The fourth-order valence-corrected chi connectivity index (χ4v) is 4.81. The van der Waals surface area contributed by atoms with Crippen LogP contribution in [-0.2, 0) is 11.3 Å². The van der Waals surface area contributed by atoms with Crippen LogP contribution in [0.25, 0.3) is 11.0 Å². The highest BCUT2D eigenvalue weighted by Gasteiger charge is 2.24. The number of nitrogens with zero attached hydrogens (tertiary/aromatic N) is 5. The van der Waals surface area contributed by atoms with E-state index in [4.69, 9.17) is 0 Å². The number of hydrogen-bond acceptors (Lipinski definition) is 5. The molecular formula is C25H28FN5O2. The van der Waals surface area contributed by atoms with Gasteiger partial charge in [0.1, 0.15) is 5.82 Å². The first-order valence-corrected chi connectivity index (χ1v) is 11.6. The number of anilines is 2. The van der Waals surface area contributed by atoms with Crippen LogP contribution in [0.5, 0.6) is 0 Å². The highest BCUT2D eigenvalue weighted by Crippen LogP contribution is 2.21. The van der Waals surface area contributed by atoms with Crippen molar-refractivity contribution in [1.82, 2.24) is 14.5 Å². The van der Waals surface area contributed by atoms with E-state index in [0.717, 1.165) is 37.0 Å². The van der Waals surface area contributed by atoms with Crippen molar-refractivity contribution in [3.05, 3.63) is 64.7 Å². The number of para-hydroxylation sites is 3. The number of aromatic nitrogens is 2. The Balaban J connectivity index is 1.29. The first kappa shape index (κ1) is 21.4. The summed E-state index contributed by atoms with van der Waals surface area (Å²) in [5.41, 5.74) is 1.97. The lowest BCUT2D eigenvalue weighted by Gasteiger charge is -2.36. The van der Waals surface area contributed by atoms with Gasteiger partial charge in [-0.3, -0.25) is 9.59 Å². The van der Waals surface area contributed by atoms with E-state index in [0.29, 0.717) is 44.2 Å². The van der Waals surface area contributed by atoms with Crippen LogP contribution < -0.4 is 15.4 Å². The number of benzene rings is 2. The number of fused-ring (bicyclic) bond motifs is 1. The van der Waals surface area contributed by atoms with E-state index in [9.17, 15) is 14.0 Å². The highest BCUT2D eigenvalue weighted by molar-refractivity contribution is 5.78. The Bertz CT molecular complexity index is 1210. The van der Waals surface area contributed by atoms with E-state index in [1.165, 1.54) is 6.07 Å². The first-order valence-electron chi connectivity index (χ1n) is 11.6. The second kappa shape index (κ2) is 9.21. The molecule has 0 atom stereocenters. The van der Waals surface area contributed by atoms with E-state index in [1.807, 2.05) is 40.1 Å². The minimum atomic E-state index is -0.241. The third-order valence-corrected chi connectivity index (χ3v) is 6.62. The molecule has 2 saturated heterocycles. The average molecular weight is 450 g/mol. The maximum atomic E-state index is 14.1. The number of amides is 1. The molecule has 1 amide bonds. The second-order valence-corrected chi connectivity index (χ2v) is 8.64. The van der Waals surface area contributed by atoms with Gasteiger partial charge < -0.3 is 19.3 Å². The number of carbonyl (C=O) groups is 1. The van der Waals surface area contributed by atoms with Crippen LogP contribution in [0.3, 0.4) is 0 Å². The smallest absolute Gasteiger partial charge is 0.294 e. The predicted molar refractivity (Wildman–Crippen MR) is 127 cm³/mol. The Morgan fingerprint density at radius 2 is 1.58 bits per heavy atom. The summed E-state index contributed by atoms with van der Waals surface area (Å²) in [4.78, 5) is 36.7. The van der Waals surface area contributed by atoms with Gasteiger partial charge in [-0.2, -0.15) is 0 Å². The first-order chi connectivity index (χ1) is 16.1. The minimum Gasteiger partial charge on any atom is -0.366 e. The molecule has 172 valence electrons. The normalized spacial score (nSPS) is 16.6. The molecule has 0 unspecified atom stereocenters. The number of rotatable bonds is 5. The maximum Gasteiger partial charge on any atom is 0.294 e. The Morgan fingerprint density at radius 3 is 2.33 bits per heavy atom. The Labute approximate surface area is 192 Å². The Kier molecular flexibility index (Phi) is 5.98. The molecule has 0 radical (unpaired) electrons. The highest BCUT2D eigenvalue weighted by atomic mass is 19.1. The van der Waals surface area contributed by atoms with E-state index in [2.05, 4.69) is 9.88 Å². The summed E-state index contributed by atoms with van der Waals surface area (Å²) in [7, 11) is 0. The van der Waals surface area contributed by atoms with Crippen molar-refractivity contribution in [1.29, 1.82) is 0 Å². The number of halogens is 1. The van der Waals surface area contributed by atoms with Gasteiger partial charge in [0.15, 0.2) is 5.82 Å². The Hall–Kier alpha value is -3.42. The molecule has 2 aliphatic rings. The van der Waals surface area contributed by atoms with E-state index in [-0.39, 0.29) is 23.7 Å². The van der Waals surface area contributed by atoms with Gasteiger partial charge >= 0.3 is 0 Å². The zero-order chi connectivity index (χ0) is 22.8. The van der Waals surface area contributed by atoms with Crippen LogP contribution in [0.4, 0.5) is 15.9 Å². The van der Waals surface area contributed by atoms with Gasteiger partial charge in [-0.15, -0.1) is 0 Å². The van der Waals surface area contributed by atoms with E-state index < -0.39 is 0 Å². The molecule has 8 heteroatoms. The van der Waals surface area contributed by atoms with Gasteiger partial charge in [0.2, 0.25) is 5.91 Å². The van der Waals surface area contributed by atoms with Crippen molar-refractivity contribution in [2.24, 2.45) is 0 Å². The molecule has 2 fully saturated rings. The van der Waals surface area contributed by atoms with Crippen LogP contribution in [0.2, 0.25) is 0 Å². The summed E-state index contributed by atoms with van der Waals surface area (Å²) in [5.74, 6) is 0.255. The van der Waals surface area contributed by atoms with Crippen molar-refractivity contribution in [3.8, 4) is 0 Å². The summed E-state index contributed by atoms with van der Waals surface area (Å²) in [5, 5.41) is 0. The lowest BCUT2D eigenvalue weighted by Crippen LogP contribution is -2.49. The predicted octanol–water partition coefficient (Wildman–Crippen LogP) is 2.87. The van der Waals surface area contributed by atoms with E-state index >= 15 is 0 Å². The summed E-state index contributed by atoms with van der Waals surface area (Å²) in [6, 6.07) is 14.3. The fraction of sp³-hybridized carbons (Fsp3) is 0.400. The standard InChI is InChI=1S/C25H28FN5O2/c26-19-7-1-3-9-21(19)28-15-17-29(18-16-28)23(32)11-14-31-22-10-4-2-8-20(22)27-24(25(31)33)30-12-5-6-13-30/h1-4,7-10H,5-6,11-18H2. The number of piperazine rings is 1. The molecule has 0 spiro atoms. The van der Waals surface area contributed by atoms with Crippen molar-refractivity contribution >= 4 is 28.4 Å². The van der Waals surface area contributed by atoms with Crippen LogP contribution in [0.15, 0.2) is 53.3 Å². The molecule has 2 aromatic carbocycles. The SMILES string of the molecule is O=C(CCn1c(=O)c(N2CCCC2)nc2ccccc21)N1CCN(c2ccccc2F)CC1.